The molecule has 0 bridgehead atoms. The lowest BCUT2D eigenvalue weighted by Crippen LogP contribution is -2.48. The number of thiazole rings is 1. The molecule has 0 saturated carbocycles. The van der Waals surface area contributed by atoms with Crippen molar-refractivity contribution in [1.82, 2.24) is 4.98 Å². The van der Waals surface area contributed by atoms with Crippen molar-refractivity contribution in [3.05, 3.63) is 76.8 Å². The molecular formula is C25H22N2O2S. The van der Waals surface area contributed by atoms with Crippen LogP contribution in [0.5, 0.6) is 0 Å². The molecular weight excluding hydrogens is 392 g/mol. The number of aromatic nitrogens is 1. The number of imide groups is 1. The summed E-state index contributed by atoms with van der Waals surface area (Å²) in [5.74, 6) is -0.405. The first-order valence-corrected chi connectivity index (χ1v) is 10.8. The maximum atomic E-state index is 13.8. The summed E-state index contributed by atoms with van der Waals surface area (Å²) >= 11 is 1.62. The lowest BCUT2D eigenvalue weighted by molar-refractivity contribution is -0.126. The van der Waals surface area contributed by atoms with Crippen LogP contribution in [0.4, 0.5) is 5.69 Å². The predicted molar refractivity (Wildman–Crippen MR) is 120 cm³/mol. The number of carbonyl (C=O) groups excluding carboxylic acids is 2. The first kappa shape index (κ1) is 18.9. The van der Waals surface area contributed by atoms with Crippen LogP contribution in [-0.2, 0) is 15.0 Å². The summed E-state index contributed by atoms with van der Waals surface area (Å²) < 4.78 is 0. The number of fused-ring (bicyclic) bond motifs is 2. The second-order valence-corrected chi connectivity index (χ2v) is 9.59. The zero-order valence-electron chi connectivity index (χ0n) is 17.4. The molecule has 1 atom stereocenters. The number of carbonyl (C=O) groups is 2. The van der Waals surface area contributed by atoms with E-state index in [1.807, 2.05) is 62.4 Å². The number of hydrogen-bond acceptors (Lipinski definition) is 4. The van der Waals surface area contributed by atoms with Gasteiger partial charge in [-0.1, -0.05) is 62.4 Å². The van der Waals surface area contributed by atoms with E-state index in [4.69, 9.17) is 4.98 Å². The van der Waals surface area contributed by atoms with Gasteiger partial charge in [0.1, 0.15) is 5.01 Å². The molecule has 0 N–H and O–H groups in total. The Morgan fingerprint density at radius 2 is 1.50 bits per heavy atom. The van der Waals surface area contributed by atoms with Crippen LogP contribution in [0.25, 0.3) is 16.1 Å². The maximum absolute atomic E-state index is 13.8. The van der Waals surface area contributed by atoms with E-state index in [0.717, 1.165) is 26.7 Å². The summed E-state index contributed by atoms with van der Waals surface area (Å²) in [5, 5.41) is 0.914. The smallest absolute Gasteiger partial charge is 0.262 e. The summed E-state index contributed by atoms with van der Waals surface area (Å²) in [6.45, 7) is 7.96. The van der Waals surface area contributed by atoms with Crippen molar-refractivity contribution >= 4 is 34.4 Å². The molecule has 5 rings (SSSR count). The molecule has 3 aromatic rings. The first-order chi connectivity index (χ1) is 14.3. The highest BCUT2D eigenvalue weighted by molar-refractivity contribution is 7.15. The van der Waals surface area contributed by atoms with Crippen molar-refractivity contribution < 1.29 is 9.59 Å². The average molecular weight is 415 g/mol. The third kappa shape index (κ3) is 2.24. The van der Waals surface area contributed by atoms with E-state index in [9.17, 15) is 9.59 Å². The van der Waals surface area contributed by atoms with E-state index in [2.05, 4.69) is 13.8 Å². The molecule has 2 aliphatic rings. The highest BCUT2D eigenvalue weighted by atomic mass is 32.1. The maximum Gasteiger partial charge on any atom is 0.262 e. The molecule has 1 saturated heterocycles. The summed E-state index contributed by atoms with van der Waals surface area (Å²) in [7, 11) is 0. The SMILES string of the molecule is CC1=C2C(=O)N(c3ccccc3)C(=O)C2(C)C(C)(C)c2sc(-c3ccccc3)nc21. The van der Waals surface area contributed by atoms with Crippen LogP contribution in [0.3, 0.4) is 0 Å². The molecule has 30 heavy (non-hydrogen) atoms. The van der Waals surface area contributed by atoms with Crippen LogP contribution < -0.4 is 4.90 Å². The fourth-order valence-electron chi connectivity index (χ4n) is 4.72. The van der Waals surface area contributed by atoms with Gasteiger partial charge in [0.25, 0.3) is 5.91 Å². The van der Waals surface area contributed by atoms with Gasteiger partial charge in [-0.2, -0.15) is 0 Å². The van der Waals surface area contributed by atoms with Crippen molar-refractivity contribution in [1.29, 1.82) is 0 Å². The van der Waals surface area contributed by atoms with Gasteiger partial charge >= 0.3 is 0 Å². The van der Waals surface area contributed by atoms with Gasteiger partial charge in [-0.05, 0) is 31.6 Å². The molecule has 4 nitrogen and oxygen atoms in total. The van der Waals surface area contributed by atoms with Crippen molar-refractivity contribution in [3.8, 4) is 10.6 Å². The van der Waals surface area contributed by atoms with E-state index >= 15 is 0 Å². The van der Waals surface area contributed by atoms with Crippen LogP contribution in [0.15, 0.2) is 66.2 Å². The van der Waals surface area contributed by atoms with Gasteiger partial charge < -0.3 is 0 Å². The lowest BCUT2D eigenvalue weighted by Gasteiger charge is -2.43. The van der Waals surface area contributed by atoms with Gasteiger partial charge in [0.2, 0.25) is 5.91 Å². The molecule has 2 amide bonds. The Balaban J connectivity index is 1.74. The molecule has 0 radical (unpaired) electrons. The van der Waals surface area contributed by atoms with E-state index in [-0.39, 0.29) is 11.8 Å². The summed E-state index contributed by atoms with van der Waals surface area (Å²) in [4.78, 5) is 34.7. The van der Waals surface area contributed by atoms with Crippen LogP contribution in [0, 0.1) is 5.41 Å². The third-order valence-corrected chi connectivity index (χ3v) is 8.19. The lowest BCUT2D eigenvalue weighted by atomic mass is 9.58. The molecule has 0 spiro atoms. The third-order valence-electron chi connectivity index (χ3n) is 6.76. The van der Waals surface area contributed by atoms with E-state index in [1.54, 1.807) is 23.5 Å². The topological polar surface area (TPSA) is 50.3 Å². The number of anilines is 1. The Hall–Kier alpha value is -3.05. The second-order valence-electron chi connectivity index (χ2n) is 8.59. The summed E-state index contributed by atoms with van der Waals surface area (Å²) in [6.07, 6.45) is 0. The molecule has 1 aliphatic carbocycles. The number of amides is 2. The number of allylic oxidation sites excluding steroid dienone is 1. The quantitative estimate of drug-likeness (QED) is 0.524. The minimum absolute atomic E-state index is 0.168. The molecule has 5 heteroatoms. The van der Waals surface area contributed by atoms with Crippen molar-refractivity contribution in [2.24, 2.45) is 5.41 Å². The second kappa shape index (κ2) is 6.22. The number of rotatable bonds is 2. The van der Waals surface area contributed by atoms with Gasteiger partial charge in [0.05, 0.1) is 16.8 Å². The number of benzene rings is 2. The molecule has 2 heterocycles. The van der Waals surface area contributed by atoms with E-state index in [0.29, 0.717) is 11.3 Å². The monoisotopic (exact) mass is 414 g/mol. The van der Waals surface area contributed by atoms with E-state index < -0.39 is 10.8 Å². The Kier molecular flexibility index (Phi) is 3.93. The van der Waals surface area contributed by atoms with Gasteiger partial charge in [-0.25, -0.2) is 9.88 Å². The normalized spacial score (nSPS) is 22.3. The molecule has 1 unspecified atom stereocenters. The minimum Gasteiger partial charge on any atom is -0.273 e. The highest BCUT2D eigenvalue weighted by Gasteiger charge is 2.64. The largest absolute Gasteiger partial charge is 0.273 e. The van der Waals surface area contributed by atoms with Crippen molar-refractivity contribution in [2.75, 3.05) is 4.90 Å². The summed E-state index contributed by atoms with van der Waals surface area (Å²) in [6, 6.07) is 19.2. The molecule has 1 aromatic heterocycles. The Morgan fingerprint density at radius 1 is 0.900 bits per heavy atom. The number of nitrogens with zero attached hydrogens (tertiary/aromatic N) is 2. The summed E-state index contributed by atoms with van der Waals surface area (Å²) in [5.41, 5.74) is 2.36. The molecule has 2 aromatic carbocycles. The number of para-hydroxylation sites is 1. The standard InChI is InChI=1S/C25H22N2O2S/c1-15-18-22(28)27(17-13-9-6-10-14-17)23(29)25(18,4)24(2,3)20-19(15)26-21(30-20)16-11-7-5-8-12-16/h5-14H,1-4H3. The molecule has 1 aliphatic heterocycles. The van der Waals surface area contributed by atoms with Crippen LogP contribution >= 0.6 is 11.3 Å². The van der Waals surface area contributed by atoms with Gasteiger partial charge in [-0.3, -0.25) is 9.59 Å². The fourth-order valence-corrected chi connectivity index (χ4v) is 6.06. The molecule has 1 fully saturated rings. The highest BCUT2D eigenvalue weighted by Crippen LogP contribution is 2.60. The molecule has 150 valence electrons. The van der Waals surface area contributed by atoms with E-state index in [1.165, 1.54) is 4.90 Å². The number of hydrogen-bond donors (Lipinski definition) is 0. The van der Waals surface area contributed by atoms with Gasteiger partial charge in [0.15, 0.2) is 0 Å². The zero-order chi connectivity index (χ0) is 21.3. The average Bonchev–Trinajstić information content (AvgIpc) is 3.28. The van der Waals surface area contributed by atoms with Gasteiger partial charge in [0, 0.05) is 21.4 Å². The Morgan fingerprint density at radius 3 is 2.13 bits per heavy atom. The first-order valence-electron chi connectivity index (χ1n) is 10.0. The van der Waals surface area contributed by atoms with Crippen molar-refractivity contribution in [3.63, 3.8) is 0 Å². The predicted octanol–water partition coefficient (Wildman–Crippen LogP) is 5.45. The Labute approximate surface area is 179 Å². The zero-order valence-corrected chi connectivity index (χ0v) is 18.2. The van der Waals surface area contributed by atoms with Crippen LogP contribution in [0.1, 0.15) is 38.3 Å². The Bertz CT molecular complexity index is 1220. The van der Waals surface area contributed by atoms with Gasteiger partial charge in [-0.15, -0.1) is 11.3 Å². The van der Waals surface area contributed by atoms with Crippen LogP contribution in [-0.4, -0.2) is 16.8 Å². The minimum atomic E-state index is -0.947. The van der Waals surface area contributed by atoms with Crippen LogP contribution in [0.2, 0.25) is 0 Å². The fraction of sp³-hybridized carbons (Fsp3) is 0.240. The van der Waals surface area contributed by atoms with Crippen molar-refractivity contribution in [2.45, 2.75) is 33.1 Å².